The highest BCUT2D eigenvalue weighted by molar-refractivity contribution is 9.10. The normalized spacial score (nSPS) is 19.8. The van der Waals surface area contributed by atoms with Crippen LogP contribution in [0.15, 0.2) is 28.7 Å². The molecule has 1 aromatic carbocycles. The molecule has 0 aromatic heterocycles. The van der Waals surface area contributed by atoms with Crippen molar-refractivity contribution in [3.05, 3.63) is 34.3 Å². The minimum atomic E-state index is 0.159. The van der Waals surface area contributed by atoms with Gasteiger partial charge in [0.2, 0.25) is 0 Å². The standard InChI is InChI=1S/C15H19Br3O/c16-10-15(11-17,8-7-14-2-1-9-19-14)12-3-5-13(18)6-4-12/h3-6,14H,1-2,7-11H2. The summed E-state index contributed by atoms with van der Waals surface area (Å²) in [5.74, 6) is 0. The van der Waals surface area contributed by atoms with Gasteiger partial charge in [0, 0.05) is 27.2 Å². The highest BCUT2D eigenvalue weighted by Crippen LogP contribution is 2.36. The van der Waals surface area contributed by atoms with E-state index < -0.39 is 0 Å². The molecule has 1 nitrogen and oxygen atoms in total. The summed E-state index contributed by atoms with van der Waals surface area (Å²) in [6, 6.07) is 8.70. The summed E-state index contributed by atoms with van der Waals surface area (Å²) >= 11 is 10.9. The van der Waals surface area contributed by atoms with Crippen LogP contribution in [0.1, 0.15) is 31.2 Å². The lowest BCUT2D eigenvalue weighted by molar-refractivity contribution is 0.0979. The van der Waals surface area contributed by atoms with E-state index in [-0.39, 0.29) is 5.41 Å². The van der Waals surface area contributed by atoms with Gasteiger partial charge in [-0.05, 0) is 43.4 Å². The first-order valence-corrected chi connectivity index (χ1v) is 9.73. The van der Waals surface area contributed by atoms with Gasteiger partial charge in [-0.1, -0.05) is 59.9 Å². The number of ether oxygens (including phenoxy) is 1. The van der Waals surface area contributed by atoms with Crippen molar-refractivity contribution < 1.29 is 4.74 Å². The van der Waals surface area contributed by atoms with E-state index in [1.165, 1.54) is 18.4 Å². The van der Waals surface area contributed by atoms with Crippen LogP contribution in [0.4, 0.5) is 0 Å². The molecular weight excluding hydrogens is 436 g/mol. The lowest BCUT2D eigenvalue weighted by Crippen LogP contribution is -2.31. The fraction of sp³-hybridized carbons (Fsp3) is 0.600. The van der Waals surface area contributed by atoms with E-state index in [1.807, 2.05) is 0 Å². The van der Waals surface area contributed by atoms with Gasteiger partial charge in [-0.2, -0.15) is 0 Å². The van der Waals surface area contributed by atoms with E-state index in [1.54, 1.807) is 0 Å². The Balaban J connectivity index is 2.09. The second kappa shape index (κ2) is 7.58. The molecule has 0 aliphatic carbocycles. The van der Waals surface area contributed by atoms with Crippen LogP contribution in [0, 0.1) is 0 Å². The van der Waals surface area contributed by atoms with Gasteiger partial charge in [0.1, 0.15) is 0 Å². The SMILES string of the molecule is BrCC(CBr)(CCC1CCCO1)c1ccc(Br)cc1. The van der Waals surface area contributed by atoms with E-state index in [0.717, 1.165) is 34.6 Å². The molecule has 2 rings (SSSR count). The van der Waals surface area contributed by atoms with Crippen molar-refractivity contribution in [1.29, 1.82) is 0 Å². The van der Waals surface area contributed by atoms with Gasteiger partial charge in [0.05, 0.1) is 6.10 Å². The Labute approximate surface area is 140 Å². The predicted molar refractivity (Wildman–Crippen MR) is 91.6 cm³/mol. The zero-order chi connectivity index (χ0) is 13.7. The minimum absolute atomic E-state index is 0.159. The van der Waals surface area contributed by atoms with Crippen LogP contribution in [0.2, 0.25) is 0 Å². The maximum absolute atomic E-state index is 5.75. The predicted octanol–water partition coefficient (Wildman–Crippen LogP) is 5.44. The molecule has 4 heteroatoms. The number of hydrogen-bond acceptors (Lipinski definition) is 1. The Morgan fingerprint density at radius 3 is 2.37 bits per heavy atom. The average molecular weight is 455 g/mol. The van der Waals surface area contributed by atoms with Gasteiger partial charge < -0.3 is 4.74 Å². The third-order valence-electron chi connectivity index (χ3n) is 3.94. The molecule has 0 N–H and O–H groups in total. The second-order valence-corrected chi connectivity index (χ2v) is 7.27. The fourth-order valence-electron chi connectivity index (χ4n) is 2.58. The maximum Gasteiger partial charge on any atom is 0.0576 e. The number of rotatable bonds is 6. The second-order valence-electron chi connectivity index (χ2n) is 5.23. The molecule has 1 atom stereocenters. The quantitative estimate of drug-likeness (QED) is 0.520. The Morgan fingerprint density at radius 1 is 1.16 bits per heavy atom. The Kier molecular flexibility index (Phi) is 6.38. The summed E-state index contributed by atoms with van der Waals surface area (Å²) < 4.78 is 6.89. The molecule has 0 spiro atoms. The van der Waals surface area contributed by atoms with E-state index in [9.17, 15) is 0 Å². The Morgan fingerprint density at radius 2 is 1.84 bits per heavy atom. The van der Waals surface area contributed by atoms with Gasteiger partial charge in [-0.25, -0.2) is 0 Å². The first-order valence-electron chi connectivity index (χ1n) is 6.70. The molecule has 0 radical (unpaired) electrons. The molecule has 106 valence electrons. The van der Waals surface area contributed by atoms with Crippen LogP contribution in [-0.2, 0) is 10.2 Å². The van der Waals surface area contributed by atoms with Crippen molar-refractivity contribution in [2.45, 2.75) is 37.2 Å². The average Bonchev–Trinajstić information content (AvgIpc) is 2.95. The van der Waals surface area contributed by atoms with Crippen LogP contribution in [-0.4, -0.2) is 23.4 Å². The third-order valence-corrected chi connectivity index (χ3v) is 6.61. The van der Waals surface area contributed by atoms with Gasteiger partial charge in [0.15, 0.2) is 0 Å². The summed E-state index contributed by atoms with van der Waals surface area (Å²) in [7, 11) is 0. The number of benzene rings is 1. The van der Waals surface area contributed by atoms with Crippen LogP contribution in [0.3, 0.4) is 0 Å². The topological polar surface area (TPSA) is 9.23 Å². The van der Waals surface area contributed by atoms with E-state index >= 15 is 0 Å². The first kappa shape index (κ1) is 16.0. The zero-order valence-corrected chi connectivity index (χ0v) is 15.6. The van der Waals surface area contributed by atoms with E-state index in [4.69, 9.17) is 4.74 Å². The molecule has 0 saturated carbocycles. The minimum Gasteiger partial charge on any atom is -0.378 e. The maximum atomic E-state index is 5.75. The van der Waals surface area contributed by atoms with Gasteiger partial charge in [0.25, 0.3) is 0 Å². The summed E-state index contributed by atoms with van der Waals surface area (Å²) in [4.78, 5) is 0. The molecule has 19 heavy (non-hydrogen) atoms. The largest absolute Gasteiger partial charge is 0.378 e. The van der Waals surface area contributed by atoms with Crippen LogP contribution in [0.25, 0.3) is 0 Å². The van der Waals surface area contributed by atoms with E-state index in [2.05, 4.69) is 72.1 Å². The van der Waals surface area contributed by atoms with Crippen molar-refractivity contribution in [2.24, 2.45) is 0 Å². The molecule has 0 amide bonds. The van der Waals surface area contributed by atoms with Crippen LogP contribution >= 0.6 is 47.8 Å². The van der Waals surface area contributed by atoms with Crippen molar-refractivity contribution in [2.75, 3.05) is 17.3 Å². The summed E-state index contributed by atoms with van der Waals surface area (Å²) in [6.45, 7) is 0.943. The monoisotopic (exact) mass is 452 g/mol. The van der Waals surface area contributed by atoms with Gasteiger partial charge in [-0.15, -0.1) is 0 Å². The lowest BCUT2D eigenvalue weighted by Gasteiger charge is -2.31. The molecular formula is C15H19Br3O. The smallest absolute Gasteiger partial charge is 0.0576 e. The number of alkyl halides is 2. The molecule has 1 aliphatic rings. The van der Waals surface area contributed by atoms with E-state index in [0.29, 0.717) is 6.10 Å². The lowest BCUT2D eigenvalue weighted by atomic mass is 9.79. The molecule has 1 unspecified atom stereocenters. The molecule has 1 fully saturated rings. The van der Waals surface area contributed by atoms with Crippen molar-refractivity contribution in [3.8, 4) is 0 Å². The van der Waals surface area contributed by atoms with Crippen LogP contribution < -0.4 is 0 Å². The molecule has 0 bridgehead atoms. The van der Waals surface area contributed by atoms with Crippen LogP contribution in [0.5, 0.6) is 0 Å². The highest BCUT2D eigenvalue weighted by Gasteiger charge is 2.31. The van der Waals surface area contributed by atoms with Crippen molar-refractivity contribution >= 4 is 47.8 Å². The summed E-state index contributed by atoms with van der Waals surface area (Å²) in [5.41, 5.74) is 1.55. The summed E-state index contributed by atoms with van der Waals surface area (Å²) in [5, 5.41) is 1.94. The molecule has 1 heterocycles. The van der Waals surface area contributed by atoms with Crippen molar-refractivity contribution in [3.63, 3.8) is 0 Å². The number of halogens is 3. The van der Waals surface area contributed by atoms with Crippen molar-refractivity contribution in [1.82, 2.24) is 0 Å². The molecule has 1 aliphatic heterocycles. The zero-order valence-electron chi connectivity index (χ0n) is 10.9. The fourth-order valence-corrected chi connectivity index (χ4v) is 4.98. The van der Waals surface area contributed by atoms with Gasteiger partial charge >= 0.3 is 0 Å². The first-order chi connectivity index (χ1) is 9.20. The molecule has 1 saturated heterocycles. The molecule has 1 aromatic rings. The number of hydrogen-bond donors (Lipinski definition) is 0. The Bertz CT molecular complexity index is 381. The third kappa shape index (κ3) is 4.05. The summed E-state index contributed by atoms with van der Waals surface area (Å²) in [6.07, 6.45) is 5.20. The Hall–Kier alpha value is 0.620. The highest BCUT2D eigenvalue weighted by atomic mass is 79.9. The van der Waals surface area contributed by atoms with Gasteiger partial charge in [-0.3, -0.25) is 0 Å².